The standard InChI is InChI=1S/C19H20N6O2/c1-12(11-25-8-5-7-20-25)21-19(26)14-10-15(16-6-4-9-27-16)22-18-17(14)13(2)23-24(18)3/h4-10,12H,11H2,1-3H3,(H,21,26). The van der Waals surface area contributed by atoms with Gasteiger partial charge in [0, 0.05) is 25.5 Å². The van der Waals surface area contributed by atoms with E-state index in [1.54, 1.807) is 34.0 Å². The van der Waals surface area contributed by atoms with Crippen LogP contribution in [0, 0.1) is 6.92 Å². The number of nitrogens with zero attached hydrogens (tertiary/aromatic N) is 5. The first-order chi connectivity index (χ1) is 13.0. The minimum absolute atomic E-state index is 0.0929. The van der Waals surface area contributed by atoms with Gasteiger partial charge in [-0.25, -0.2) is 4.98 Å². The average molecular weight is 364 g/mol. The second-order valence-corrected chi connectivity index (χ2v) is 6.54. The molecule has 1 amide bonds. The van der Waals surface area contributed by atoms with Crippen molar-refractivity contribution in [2.75, 3.05) is 0 Å². The van der Waals surface area contributed by atoms with Gasteiger partial charge in [-0.2, -0.15) is 10.2 Å². The second-order valence-electron chi connectivity index (χ2n) is 6.54. The van der Waals surface area contributed by atoms with E-state index in [0.717, 1.165) is 11.1 Å². The van der Waals surface area contributed by atoms with Gasteiger partial charge >= 0.3 is 0 Å². The summed E-state index contributed by atoms with van der Waals surface area (Å²) in [5, 5.41) is 12.4. The molecule has 0 fully saturated rings. The predicted molar refractivity (Wildman–Crippen MR) is 100 cm³/mol. The molecule has 0 aromatic carbocycles. The van der Waals surface area contributed by atoms with Crippen molar-refractivity contribution < 1.29 is 9.21 Å². The van der Waals surface area contributed by atoms with E-state index < -0.39 is 0 Å². The fraction of sp³-hybridized carbons (Fsp3) is 0.263. The average Bonchev–Trinajstić information content (AvgIpc) is 3.37. The molecule has 4 heterocycles. The molecule has 0 aliphatic rings. The zero-order valence-electron chi connectivity index (χ0n) is 15.4. The third-order valence-corrected chi connectivity index (χ3v) is 4.38. The molecule has 0 aliphatic heterocycles. The van der Waals surface area contributed by atoms with Crippen LogP contribution in [0.1, 0.15) is 23.0 Å². The van der Waals surface area contributed by atoms with Crippen molar-refractivity contribution in [3.63, 3.8) is 0 Å². The van der Waals surface area contributed by atoms with Crippen molar-refractivity contribution in [1.82, 2.24) is 29.9 Å². The number of carbonyl (C=O) groups excluding carboxylic acids is 1. The number of pyridine rings is 1. The van der Waals surface area contributed by atoms with Gasteiger partial charge in [0.25, 0.3) is 5.91 Å². The molecule has 4 aromatic heterocycles. The molecular formula is C19H20N6O2. The Morgan fingerprint density at radius 3 is 2.93 bits per heavy atom. The van der Waals surface area contributed by atoms with E-state index >= 15 is 0 Å². The lowest BCUT2D eigenvalue weighted by Gasteiger charge is -2.15. The Labute approximate surface area is 155 Å². The molecule has 1 atom stereocenters. The van der Waals surface area contributed by atoms with Crippen LogP contribution in [0.5, 0.6) is 0 Å². The van der Waals surface area contributed by atoms with Gasteiger partial charge in [-0.05, 0) is 38.1 Å². The van der Waals surface area contributed by atoms with Crippen LogP contribution in [0.15, 0.2) is 47.3 Å². The first kappa shape index (κ1) is 17.0. The van der Waals surface area contributed by atoms with Gasteiger partial charge in [0.2, 0.25) is 0 Å². The minimum Gasteiger partial charge on any atom is -0.463 e. The first-order valence-electron chi connectivity index (χ1n) is 8.69. The van der Waals surface area contributed by atoms with Crippen molar-refractivity contribution in [3.8, 4) is 11.5 Å². The third kappa shape index (κ3) is 3.21. The highest BCUT2D eigenvalue weighted by Gasteiger charge is 2.21. The SMILES string of the molecule is Cc1nn(C)c2nc(-c3ccco3)cc(C(=O)NC(C)Cn3cccn3)c12. The fourth-order valence-electron chi connectivity index (χ4n) is 3.21. The summed E-state index contributed by atoms with van der Waals surface area (Å²) in [6.45, 7) is 4.41. The molecule has 27 heavy (non-hydrogen) atoms. The molecule has 4 rings (SSSR count). The summed E-state index contributed by atoms with van der Waals surface area (Å²) in [5.74, 6) is 0.431. The smallest absolute Gasteiger partial charge is 0.252 e. The van der Waals surface area contributed by atoms with Crippen LogP contribution in [-0.2, 0) is 13.6 Å². The van der Waals surface area contributed by atoms with Gasteiger partial charge < -0.3 is 9.73 Å². The van der Waals surface area contributed by atoms with E-state index in [0.29, 0.717) is 29.2 Å². The Bertz CT molecular complexity index is 1080. The lowest BCUT2D eigenvalue weighted by molar-refractivity contribution is 0.0937. The van der Waals surface area contributed by atoms with Crippen molar-refractivity contribution in [3.05, 3.63) is 54.2 Å². The van der Waals surface area contributed by atoms with E-state index in [4.69, 9.17) is 4.42 Å². The fourth-order valence-corrected chi connectivity index (χ4v) is 3.21. The molecule has 0 spiro atoms. The van der Waals surface area contributed by atoms with E-state index in [1.807, 2.05) is 39.2 Å². The van der Waals surface area contributed by atoms with Gasteiger partial charge in [-0.3, -0.25) is 14.2 Å². The third-order valence-electron chi connectivity index (χ3n) is 4.38. The van der Waals surface area contributed by atoms with E-state index in [1.165, 1.54) is 0 Å². The van der Waals surface area contributed by atoms with Crippen LogP contribution in [0.2, 0.25) is 0 Å². The number of amides is 1. The number of hydrogen-bond acceptors (Lipinski definition) is 5. The Kier molecular flexibility index (Phi) is 4.23. The van der Waals surface area contributed by atoms with E-state index in [2.05, 4.69) is 20.5 Å². The number of furan rings is 1. The number of aryl methyl sites for hydroxylation is 2. The molecule has 1 unspecified atom stereocenters. The van der Waals surface area contributed by atoms with E-state index in [9.17, 15) is 4.79 Å². The maximum absolute atomic E-state index is 13.0. The van der Waals surface area contributed by atoms with Crippen molar-refractivity contribution in [1.29, 1.82) is 0 Å². The van der Waals surface area contributed by atoms with Gasteiger partial charge in [-0.1, -0.05) is 0 Å². The summed E-state index contributed by atoms with van der Waals surface area (Å²) >= 11 is 0. The minimum atomic E-state index is -0.175. The molecule has 0 saturated heterocycles. The highest BCUT2D eigenvalue weighted by molar-refractivity contribution is 6.07. The van der Waals surface area contributed by atoms with Crippen molar-refractivity contribution >= 4 is 16.9 Å². The van der Waals surface area contributed by atoms with Crippen molar-refractivity contribution in [2.45, 2.75) is 26.4 Å². The number of carbonyl (C=O) groups is 1. The van der Waals surface area contributed by atoms with Crippen LogP contribution < -0.4 is 5.32 Å². The number of fused-ring (bicyclic) bond motifs is 1. The summed E-state index contributed by atoms with van der Waals surface area (Å²) in [6, 6.07) is 7.13. The Morgan fingerprint density at radius 2 is 2.22 bits per heavy atom. The summed E-state index contributed by atoms with van der Waals surface area (Å²) in [7, 11) is 1.82. The lowest BCUT2D eigenvalue weighted by atomic mass is 10.1. The summed E-state index contributed by atoms with van der Waals surface area (Å²) in [5.41, 5.74) is 2.53. The Morgan fingerprint density at radius 1 is 1.37 bits per heavy atom. The molecule has 0 radical (unpaired) electrons. The molecule has 0 saturated carbocycles. The number of rotatable bonds is 5. The van der Waals surface area contributed by atoms with Crippen LogP contribution in [0.25, 0.3) is 22.5 Å². The zero-order chi connectivity index (χ0) is 19.0. The van der Waals surface area contributed by atoms with Crippen molar-refractivity contribution in [2.24, 2.45) is 7.05 Å². The Balaban J connectivity index is 1.71. The van der Waals surface area contributed by atoms with Crippen LogP contribution in [0.4, 0.5) is 0 Å². The van der Waals surface area contributed by atoms with Gasteiger partial charge in [-0.15, -0.1) is 0 Å². The van der Waals surface area contributed by atoms with Gasteiger partial charge in [0.15, 0.2) is 11.4 Å². The molecule has 8 heteroatoms. The largest absolute Gasteiger partial charge is 0.463 e. The highest BCUT2D eigenvalue weighted by atomic mass is 16.3. The molecule has 1 N–H and O–H groups in total. The number of aromatic nitrogens is 5. The topological polar surface area (TPSA) is 90.8 Å². The normalized spacial score (nSPS) is 12.4. The van der Waals surface area contributed by atoms with Gasteiger partial charge in [0.05, 0.1) is 29.5 Å². The quantitative estimate of drug-likeness (QED) is 0.588. The molecular weight excluding hydrogens is 344 g/mol. The predicted octanol–water partition coefficient (Wildman–Crippen LogP) is 2.55. The molecule has 4 aromatic rings. The summed E-state index contributed by atoms with van der Waals surface area (Å²) < 4.78 is 8.94. The summed E-state index contributed by atoms with van der Waals surface area (Å²) in [4.78, 5) is 17.7. The monoisotopic (exact) mass is 364 g/mol. The van der Waals surface area contributed by atoms with Crippen LogP contribution in [-0.4, -0.2) is 36.5 Å². The van der Waals surface area contributed by atoms with Gasteiger partial charge in [0.1, 0.15) is 5.69 Å². The second kappa shape index (κ2) is 6.71. The number of nitrogens with one attached hydrogen (secondary N) is 1. The lowest BCUT2D eigenvalue weighted by Crippen LogP contribution is -2.36. The Hall–Kier alpha value is -3.42. The summed E-state index contributed by atoms with van der Waals surface area (Å²) in [6.07, 6.45) is 5.17. The molecule has 8 nitrogen and oxygen atoms in total. The molecule has 0 aliphatic carbocycles. The van der Waals surface area contributed by atoms with Crippen LogP contribution in [0.3, 0.4) is 0 Å². The maximum atomic E-state index is 13.0. The van der Waals surface area contributed by atoms with E-state index in [-0.39, 0.29) is 11.9 Å². The molecule has 138 valence electrons. The highest BCUT2D eigenvalue weighted by Crippen LogP contribution is 2.27. The van der Waals surface area contributed by atoms with Crippen LogP contribution >= 0.6 is 0 Å². The maximum Gasteiger partial charge on any atom is 0.252 e. The first-order valence-corrected chi connectivity index (χ1v) is 8.69. The number of hydrogen-bond donors (Lipinski definition) is 1. The zero-order valence-corrected chi connectivity index (χ0v) is 15.4. The molecule has 0 bridgehead atoms.